The zero-order valence-electron chi connectivity index (χ0n) is 11.4. The molecule has 1 aromatic rings. The Balaban J connectivity index is 2.38. The van der Waals surface area contributed by atoms with Crippen molar-refractivity contribution in [3.63, 3.8) is 0 Å². The van der Waals surface area contributed by atoms with Crippen molar-refractivity contribution in [1.82, 2.24) is 0 Å². The maximum atomic E-state index is 10.4. The fraction of sp³-hybridized carbons (Fsp3) is 0.533. The highest BCUT2D eigenvalue weighted by Crippen LogP contribution is 2.19. The first kappa shape index (κ1) is 14.6. The molecule has 0 spiro atoms. The van der Waals surface area contributed by atoms with Crippen molar-refractivity contribution in [2.24, 2.45) is 0 Å². The highest BCUT2D eigenvalue weighted by Gasteiger charge is 2.11. The third kappa shape index (κ3) is 6.28. The summed E-state index contributed by atoms with van der Waals surface area (Å²) in [6, 6.07) is 8.03. The molecule has 0 aliphatic rings. The maximum absolute atomic E-state index is 10.4. The molecule has 100 valence electrons. The molecule has 1 N–H and O–H groups in total. The van der Waals surface area contributed by atoms with Crippen LogP contribution in [0.15, 0.2) is 24.3 Å². The molecule has 3 heteroatoms. The molecule has 0 unspecified atom stereocenters. The van der Waals surface area contributed by atoms with Crippen LogP contribution in [0.4, 0.5) is 0 Å². The van der Waals surface area contributed by atoms with E-state index in [0.29, 0.717) is 0 Å². The Morgan fingerprint density at radius 1 is 1.17 bits per heavy atom. The molecule has 0 amide bonds. The van der Waals surface area contributed by atoms with E-state index in [1.807, 2.05) is 45.0 Å². The van der Waals surface area contributed by atoms with Crippen molar-refractivity contribution in [3.05, 3.63) is 29.8 Å². The van der Waals surface area contributed by atoms with E-state index in [-0.39, 0.29) is 12.0 Å². The molecule has 0 saturated heterocycles. The quantitative estimate of drug-likeness (QED) is 0.784. The van der Waals surface area contributed by atoms with Crippen molar-refractivity contribution >= 4 is 5.97 Å². The van der Waals surface area contributed by atoms with Gasteiger partial charge in [0.15, 0.2) is 0 Å². The van der Waals surface area contributed by atoms with E-state index in [2.05, 4.69) is 0 Å². The molecule has 0 heterocycles. The Hall–Kier alpha value is -1.51. The Morgan fingerprint density at radius 3 is 2.28 bits per heavy atom. The summed E-state index contributed by atoms with van der Waals surface area (Å²) in [5.41, 5.74) is 1.05. The summed E-state index contributed by atoms with van der Waals surface area (Å²) in [6.45, 7) is 6.06. The molecule has 0 saturated carbocycles. The lowest BCUT2D eigenvalue weighted by molar-refractivity contribution is -0.137. The molecule has 0 aliphatic heterocycles. The SMILES string of the molecule is CC(C)(C)Oc1ccc(CCCCC(=O)O)cc1. The third-order valence-corrected chi connectivity index (χ3v) is 2.45. The number of carboxylic acids is 1. The van der Waals surface area contributed by atoms with E-state index in [4.69, 9.17) is 9.84 Å². The average Bonchev–Trinajstić information content (AvgIpc) is 2.24. The number of carboxylic acid groups (broad SMARTS) is 1. The fourth-order valence-corrected chi connectivity index (χ4v) is 1.68. The van der Waals surface area contributed by atoms with Crippen LogP contribution >= 0.6 is 0 Å². The predicted octanol–water partition coefficient (Wildman–Crippen LogP) is 3.66. The van der Waals surface area contributed by atoms with Crippen LogP contribution in [-0.4, -0.2) is 16.7 Å². The summed E-state index contributed by atoms with van der Waals surface area (Å²) in [5, 5.41) is 8.54. The van der Waals surface area contributed by atoms with Gasteiger partial charge in [0, 0.05) is 6.42 Å². The van der Waals surface area contributed by atoms with E-state index < -0.39 is 5.97 Å². The molecule has 0 fully saturated rings. The minimum atomic E-state index is -0.719. The lowest BCUT2D eigenvalue weighted by Gasteiger charge is -2.21. The summed E-state index contributed by atoms with van der Waals surface area (Å²) in [7, 11) is 0. The van der Waals surface area contributed by atoms with Crippen LogP contribution in [0.2, 0.25) is 0 Å². The van der Waals surface area contributed by atoms with E-state index in [1.54, 1.807) is 0 Å². The summed E-state index contributed by atoms with van der Waals surface area (Å²) < 4.78 is 5.74. The van der Waals surface area contributed by atoms with Gasteiger partial charge in [0.2, 0.25) is 0 Å². The zero-order valence-corrected chi connectivity index (χ0v) is 11.4. The van der Waals surface area contributed by atoms with Gasteiger partial charge in [0.05, 0.1) is 0 Å². The average molecular weight is 250 g/mol. The fourth-order valence-electron chi connectivity index (χ4n) is 1.68. The van der Waals surface area contributed by atoms with Crippen LogP contribution in [0.25, 0.3) is 0 Å². The first-order valence-electron chi connectivity index (χ1n) is 6.36. The molecule has 0 aliphatic carbocycles. The number of hydrogen-bond donors (Lipinski definition) is 1. The van der Waals surface area contributed by atoms with Gasteiger partial charge in [-0.25, -0.2) is 0 Å². The van der Waals surface area contributed by atoms with Crippen molar-refractivity contribution in [3.8, 4) is 5.75 Å². The second-order valence-corrected chi connectivity index (χ2v) is 5.46. The number of carbonyl (C=O) groups is 1. The van der Waals surface area contributed by atoms with Crippen molar-refractivity contribution < 1.29 is 14.6 Å². The van der Waals surface area contributed by atoms with Gasteiger partial charge in [0.25, 0.3) is 0 Å². The first-order valence-corrected chi connectivity index (χ1v) is 6.36. The van der Waals surface area contributed by atoms with Crippen molar-refractivity contribution in [2.45, 2.75) is 52.1 Å². The lowest BCUT2D eigenvalue weighted by atomic mass is 10.1. The summed E-state index contributed by atoms with van der Waals surface area (Å²) in [4.78, 5) is 10.4. The van der Waals surface area contributed by atoms with Gasteiger partial charge in [-0.3, -0.25) is 4.79 Å². The van der Waals surface area contributed by atoms with Crippen LogP contribution in [0.1, 0.15) is 45.6 Å². The highest BCUT2D eigenvalue weighted by molar-refractivity contribution is 5.66. The van der Waals surface area contributed by atoms with Gasteiger partial charge in [0.1, 0.15) is 11.4 Å². The van der Waals surface area contributed by atoms with Crippen LogP contribution < -0.4 is 4.74 Å². The molecule has 0 radical (unpaired) electrons. The number of hydrogen-bond acceptors (Lipinski definition) is 2. The van der Waals surface area contributed by atoms with E-state index in [0.717, 1.165) is 25.0 Å². The lowest BCUT2D eigenvalue weighted by Crippen LogP contribution is -2.22. The molecule has 0 aromatic heterocycles. The summed E-state index contributed by atoms with van der Waals surface area (Å²) in [6.07, 6.45) is 2.82. The molecule has 18 heavy (non-hydrogen) atoms. The van der Waals surface area contributed by atoms with Gasteiger partial charge in [-0.1, -0.05) is 12.1 Å². The van der Waals surface area contributed by atoms with E-state index >= 15 is 0 Å². The van der Waals surface area contributed by atoms with Gasteiger partial charge in [-0.15, -0.1) is 0 Å². The summed E-state index contributed by atoms with van der Waals surface area (Å²) in [5.74, 6) is 0.153. The topological polar surface area (TPSA) is 46.5 Å². The van der Waals surface area contributed by atoms with E-state index in [1.165, 1.54) is 5.56 Å². The van der Waals surface area contributed by atoms with Gasteiger partial charge in [-0.05, 0) is 57.7 Å². The summed E-state index contributed by atoms with van der Waals surface area (Å²) >= 11 is 0. The minimum absolute atomic E-state index is 0.178. The second-order valence-electron chi connectivity index (χ2n) is 5.46. The Bertz CT molecular complexity index is 374. The predicted molar refractivity (Wildman–Crippen MR) is 72.0 cm³/mol. The number of unbranched alkanes of at least 4 members (excludes halogenated alkanes) is 1. The molecular weight excluding hydrogens is 228 g/mol. The van der Waals surface area contributed by atoms with Crippen molar-refractivity contribution in [1.29, 1.82) is 0 Å². The molecule has 0 atom stereocenters. The number of benzene rings is 1. The standard InChI is InChI=1S/C15H22O3/c1-15(2,3)18-13-10-8-12(9-11-13)6-4-5-7-14(16)17/h8-11H,4-7H2,1-3H3,(H,16,17). The number of rotatable bonds is 6. The van der Waals surface area contributed by atoms with Gasteiger partial charge in [-0.2, -0.15) is 0 Å². The molecular formula is C15H22O3. The smallest absolute Gasteiger partial charge is 0.303 e. The highest BCUT2D eigenvalue weighted by atomic mass is 16.5. The van der Waals surface area contributed by atoms with Gasteiger partial charge < -0.3 is 9.84 Å². The van der Waals surface area contributed by atoms with Crippen molar-refractivity contribution in [2.75, 3.05) is 0 Å². The number of aryl methyl sites for hydroxylation is 1. The van der Waals surface area contributed by atoms with Gasteiger partial charge >= 0.3 is 5.97 Å². The van der Waals surface area contributed by atoms with Crippen LogP contribution in [-0.2, 0) is 11.2 Å². The molecule has 3 nitrogen and oxygen atoms in total. The Kier molecular flexibility index (Phi) is 5.20. The maximum Gasteiger partial charge on any atom is 0.303 e. The monoisotopic (exact) mass is 250 g/mol. The second kappa shape index (κ2) is 6.43. The largest absolute Gasteiger partial charge is 0.488 e. The zero-order chi connectivity index (χ0) is 13.6. The van der Waals surface area contributed by atoms with Crippen LogP contribution in [0, 0.1) is 0 Å². The minimum Gasteiger partial charge on any atom is -0.488 e. The number of aliphatic carboxylic acids is 1. The van der Waals surface area contributed by atoms with Crippen LogP contribution in [0.3, 0.4) is 0 Å². The van der Waals surface area contributed by atoms with E-state index in [9.17, 15) is 4.79 Å². The molecule has 0 bridgehead atoms. The Labute approximate surface area is 109 Å². The third-order valence-electron chi connectivity index (χ3n) is 2.45. The number of ether oxygens (including phenoxy) is 1. The Morgan fingerprint density at radius 2 is 1.78 bits per heavy atom. The molecule has 1 rings (SSSR count). The molecule has 1 aromatic carbocycles. The normalized spacial score (nSPS) is 11.3. The first-order chi connectivity index (χ1) is 8.37. The van der Waals surface area contributed by atoms with Crippen LogP contribution in [0.5, 0.6) is 5.75 Å².